The van der Waals surface area contributed by atoms with Crippen LogP contribution in [-0.4, -0.2) is 49.5 Å². The number of hydrogen-bond donors (Lipinski definition) is 2. The summed E-state index contributed by atoms with van der Waals surface area (Å²) in [7, 11) is 0. The highest BCUT2D eigenvalue weighted by atomic mass is 19.1. The molecule has 0 radical (unpaired) electrons. The minimum Gasteiger partial charge on any atom is -0.357 e. The Labute approximate surface area is 149 Å². The van der Waals surface area contributed by atoms with Crippen molar-refractivity contribution in [3.8, 4) is 0 Å². The number of nitrogens with one attached hydrogen (secondary N) is 2. The van der Waals surface area contributed by atoms with Gasteiger partial charge in [-0.1, -0.05) is 19.1 Å². The summed E-state index contributed by atoms with van der Waals surface area (Å²) in [5.41, 5.74) is 0.804. The van der Waals surface area contributed by atoms with E-state index in [0.29, 0.717) is 19.0 Å². The summed E-state index contributed by atoms with van der Waals surface area (Å²) < 4.78 is 12.9. The van der Waals surface area contributed by atoms with E-state index in [9.17, 15) is 9.18 Å². The molecule has 1 amide bonds. The van der Waals surface area contributed by atoms with Gasteiger partial charge >= 0.3 is 0 Å². The fourth-order valence-corrected chi connectivity index (χ4v) is 3.01. The lowest BCUT2D eigenvalue weighted by atomic mass is 10.0. The van der Waals surface area contributed by atoms with Crippen molar-refractivity contribution in [3.05, 3.63) is 35.6 Å². The van der Waals surface area contributed by atoms with Crippen LogP contribution in [-0.2, 0) is 11.2 Å². The van der Waals surface area contributed by atoms with E-state index in [0.717, 1.165) is 31.2 Å². The summed E-state index contributed by atoms with van der Waals surface area (Å²) in [5.74, 6) is 1.26. The van der Waals surface area contributed by atoms with Gasteiger partial charge in [-0.15, -0.1) is 0 Å². The molecule has 1 atom stereocenters. The van der Waals surface area contributed by atoms with E-state index in [2.05, 4.69) is 34.4 Å². The normalized spacial score (nSPS) is 18.1. The Bertz CT molecular complexity index is 573. The smallest absolute Gasteiger partial charge is 0.224 e. The van der Waals surface area contributed by atoms with E-state index in [-0.39, 0.29) is 18.1 Å². The zero-order valence-electron chi connectivity index (χ0n) is 15.2. The van der Waals surface area contributed by atoms with Crippen LogP contribution in [0.1, 0.15) is 32.3 Å². The van der Waals surface area contributed by atoms with E-state index in [1.54, 1.807) is 12.1 Å². The number of carbonyl (C=O) groups excluding carboxylic acids is 1. The Balaban J connectivity index is 1.76. The highest BCUT2D eigenvalue weighted by Crippen LogP contribution is 2.15. The van der Waals surface area contributed by atoms with Crippen molar-refractivity contribution in [2.75, 3.05) is 32.7 Å². The molecule has 1 heterocycles. The standard InChI is InChI=1S/C19H29FN4O/c1-3-21-19(24-12-4-5-15(2)14-24)23-11-10-22-18(25)13-16-6-8-17(20)9-7-16/h6-9,15H,3-5,10-14H2,1-2H3,(H,21,23)(H,22,25). The van der Waals surface area contributed by atoms with Crippen LogP contribution in [0.3, 0.4) is 0 Å². The molecule has 0 aromatic heterocycles. The first kappa shape index (κ1) is 19.2. The first-order valence-corrected chi connectivity index (χ1v) is 9.13. The molecule has 1 aliphatic rings. The van der Waals surface area contributed by atoms with E-state index in [1.165, 1.54) is 25.0 Å². The van der Waals surface area contributed by atoms with Crippen LogP contribution in [0.25, 0.3) is 0 Å². The Hall–Kier alpha value is -2.11. The molecule has 1 aromatic carbocycles. The lowest BCUT2D eigenvalue weighted by Gasteiger charge is -2.33. The third kappa shape index (κ3) is 6.72. The number of guanidine groups is 1. The molecular weight excluding hydrogens is 319 g/mol. The molecular formula is C19H29FN4O. The molecule has 0 spiro atoms. The quantitative estimate of drug-likeness (QED) is 0.471. The largest absolute Gasteiger partial charge is 0.357 e. The second kappa shape index (κ2) is 10.0. The number of rotatable bonds is 6. The monoisotopic (exact) mass is 348 g/mol. The van der Waals surface area contributed by atoms with Crippen LogP contribution >= 0.6 is 0 Å². The molecule has 138 valence electrons. The summed E-state index contributed by atoms with van der Waals surface area (Å²) in [6, 6.07) is 6.01. The second-order valence-corrected chi connectivity index (χ2v) is 6.58. The fraction of sp³-hybridized carbons (Fsp3) is 0.579. The fourth-order valence-electron chi connectivity index (χ4n) is 3.01. The van der Waals surface area contributed by atoms with E-state index in [4.69, 9.17) is 0 Å². The third-order valence-electron chi connectivity index (χ3n) is 4.26. The van der Waals surface area contributed by atoms with Gasteiger partial charge in [0.2, 0.25) is 5.91 Å². The van der Waals surface area contributed by atoms with E-state index < -0.39 is 0 Å². The average Bonchev–Trinajstić information content (AvgIpc) is 2.59. The average molecular weight is 348 g/mol. The molecule has 0 aliphatic carbocycles. The lowest BCUT2D eigenvalue weighted by molar-refractivity contribution is -0.120. The van der Waals surface area contributed by atoms with Gasteiger partial charge in [-0.3, -0.25) is 9.79 Å². The SMILES string of the molecule is CCNC(=NCCNC(=O)Cc1ccc(F)cc1)N1CCCC(C)C1. The summed E-state index contributed by atoms with van der Waals surface area (Å²) in [6.07, 6.45) is 2.73. The van der Waals surface area contributed by atoms with Crippen LogP contribution in [0, 0.1) is 11.7 Å². The van der Waals surface area contributed by atoms with Crippen LogP contribution in [0.15, 0.2) is 29.3 Å². The van der Waals surface area contributed by atoms with Crippen LogP contribution < -0.4 is 10.6 Å². The number of amides is 1. The van der Waals surface area contributed by atoms with Gasteiger partial charge in [0.05, 0.1) is 13.0 Å². The van der Waals surface area contributed by atoms with Crippen LogP contribution in [0.5, 0.6) is 0 Å². The lowest BCUT2D eigenvalue weighted by Crippen LogP contribution is -2.46. The van der Waals surface area contributed by atoms with Gasteiger partial charge in [0.25, 0.3) is 0 Å². The van der Waals surface area contributed by atoms with Crippen molar-refractivity contribution < 1.29 is 9.18 Å². The maximum atomic E-state index is 12.9. The Kier molecular flexibility index (Phi) is 7.70. The number of hydrogen-bond acceptors (Lipinski definition) is 2. The molecule has 2 rings (SSSR count). The zero-order chi connectivity index (χ0) is 18.1. The number of halogens is 1. The molecule has 6 heteroatoms. The molecule has 0 saturated carbocycles. The van der Waals surface area contributed by atoms with Crippen molar-refractivity contribution in [3.63, 3.8) is 0 Å². The number of likely N-dealkylation sites (tertiary alicyclic amines) is 1. The summed E-state index contributed by atoms with van der Waals surface area (Å²) >= 11 is 0. The third-order valence-corrected chi connectivity index (χ3v) is 4.26. The van der Waals surface area contributed by atoms with Gasteiger partial charge in [-0.25, -0.2) is 4.39 Å². The summed E-state index contributed by atoms with van der Waals surface area (Å²) in [4.78, 5) is 18.9. The predicted molar refractivity (Wildman–Crippen MR) is 99.1 cm³/mol. The number of carbonyl (C=O) groups is 1. The van der Waals surface area contributed by atoms with Gasteiger partial charge in [-0.2, -0.15) is 0 Å². The van der Waals surface area contributed by atoms with Crippen molar-refractivity contribution in [1.29, 1.82) is 0 Å². The number of benzene rings is 1. The molecule has 25 heavy (non-hydrogen) atoms. The zero-order valence-corrected chi connectivity index (χ0v) is 15.2. The van der Waals surface area contributed by atoms with Gasteiger partial charge in [0.1, 0.15) is 5.82 Å². The molecule has 1 saturated heterocycles. The number of piperidine rings is 1. The summed E-state index contributed by atoms with van der Waals surface area (Å²) in [5, 5.41) is 6.20. The second-order valence-electron chi connectivity index (χ2n) is 6.58. The molecule has 1 aliphatic heterocycles. The van der Waals surface area contributed by atoms with Crippen molar-refractivity contribution in [2.45, 2.75) is 33.1 Å². The molecule has 1 fully saturated rings. The molecule has 1 unspecified atom stereocenters. The predicted octanol–water partition coefficient (Wildman–Crippen LogP) is 2.18. The molecule has 0 bridgehead atoms. The Morgan fingerprint density at radius 1 is 1.32 bits per heavy atom. The minimum absolute atomic E-state index is 0.0709. The van der Waals surface area contributed by atoms with Gasteiger partial charge in [0, 0.05) is 26.2 Å². The van der Waals surface area contributed by atoms with Gasteiger partial charge in [-0.05, 0) is 43.4 Å². The maximum absolute atomic E-state index is 12.9. The van der Waals surface area contributed by atoms with Gasteiger partial charge in [0.15, 0.2) is 5.96 Å². The van der Waals surface area contributed by atoms with E-state index in [1.807, 2.05) is 0 Å². The van der Waals surface area contributed by atoms with Crippen LogP contribution in [0.4, 0.5) is 4.39 Å². The first-order valence-electron chi connectivity index (χ1n) is 9.13. The highest BCUT2D eigenvalue weighted by Gasteiger charge is 2.18. The number of nitrogens with zero attached hydrogens (tertiary/aromatic N) is 2. The molecule has 2 N–H and O–H groups in total. The van der Waals surface area contributed by atoms with Crippen molar-refractivity contribution in [1.82, 2.24) is 15.5 Å². The first-order chi connectivity index (χ1) is 12.1. The Morgan fingerprint density at radius 3 is 2.76 bits per heavy atom. The van der Waals surface area contributed by atoms with Crippen LogP contribution in [0.2, 0.25) is 0 Å². The molecule has 1 aromatic rings. The summed E-state index contributed by atoms with van der Waals surface area (Å²) in [6.45, 7) is 8.27. The minimum atomic E-state index is -0.290. The van der Waals surface area contributed by atoms with Crippen molar-refractivity contribution >= 4 is 11.9 Å². The number of aliphatic imine (C=N–C) groups is 1. The Morgan fingerprint density at radius 2 is 2.08 bits per heavy atom. The molecule has 5 nitrogen and oxygen atoms in total. The topological polar surface area (TPSA) is 56.7 Å². The van der Waals surface area contributed by atoms with Gasteiger partial charge < -0.3 is 15.5 Å². The van der Waals surface area contributed by atoms with Crippen molar-refractivity contribution in [2.24, 2.45) is 10.9 Å². The van der Waals surface area contributed by atoms with E-state index >= 15 is 0 Å². The highest BCUT2D eigenvalue weighted by molar-refractivity contribution is 5.80. The maximum Gasteiger partial charge on any atom is 0.224 e.